The third-order valence-electron chi connectivity index (χ3n) is 5.36. The summed E-state index contributed by atoms with van der Waals surface area (Å²) in [5.74, 6) is 2.22. The standard InChI is InChI=1S/C20H32ClN3O2/c1-14(2)15(3)24-19(22-4)23-13-20(8-10-26-11-9-20)17-12-16(21)6-7-18(17)25-5/h6-7,12,14-15H,8-11,13H2,1-5H3,(H2,22,23,24). The van der Waals surface area contributed by atoms with Crippen LogP contribution in [0.4, 0.5) is 0 Å². The first-order valence-corrected chi connectivity index (χ1v) is 9.68. The average Bonchev–Trinajstić information content (AvgIpc) is 2.65. The van der Waals surface area contributed by atoms with Crippen LogP contribution in [0, 0.1) is 5.92 Å². The van der Waals surface area contributed by atoms with E-state index in [9.17, 15) is 0 Å². The molecule has 1 aliphatic heterocycles. The molecule has 0 aliphatic carbocycles. The number of methoxy groups -OCH3 is 1. The van der Waals surface area contributed by atoms with Crippen molar-refractivity contribution in [2.24, 2.45) is 10.9 Å². The zero-order valence-corrected chi connectivity index (χ0v) is 17.3. The van der Waals surface area contributed by atoms with Gasteiger partial charge in [-0.3, -0.25) is 4.99 Å². The minimum absolute atomic E-state index is 0.104. The molecular weight excluding hydrogens is 350 g/mol. The van der Waals surface area contributed by atoms with Gasteiger partial charge in [-0.25, -0.2) is 0 Å². The second-order valence-corrected chi connectivity index (χ2v) is 7.78. The molecule has 1 aromatic rings. The molecule has 0 radical (unpaired) electrons. The van der Waals surface area contributed by atoms with Gasteiger partial charge < -0.3 is 20.1 Å². The van der Waals surface area contributed by atoms with Crippen molar-refractivity contribution in [3.63, 3.8) is 0 Å². The van der Waals surface area contributed by atoms with Crippen LogP contribution in [-0.2, 0) is 10.2 Å². The topological polar surface area (TPSA) is 54.9 Å². The predicted octanol–water partition coefficient (Wildman–Crippen LogP) is 3.61. The maximum atomic E-state index is 6.31. The Morgan fingerprint density at radius 3 is 2.58 bits per heavy atom. The summed E-state index contributed by atoms with van der Waals surface area (Å²) in [6, 6.07) is 6.19. The number of nitrogens with one attached hydrogen (secondary N) is 2. The number of hydrogen-bond donors (Lipinski definition) is 2. The van der Waals surface area contributed by atoms with E-state index in [1.165, 1.54) is 0 Å². The van der Waals surface area contributed by atoms with Crippen LogP contribution in [0.1, 0.15) is 39.2 Å². The highest BCUT2D eigenvalue weighted by atomic mass is 35.5. The third-order valence-corrected chi connectivity index (χ3v) is 5.60. The fourth-order valence-corrected chi connectivity index (χ4v) is 3.40. The fourth-order valence-electron chi connectivity index (χ4n) is 3.23. The number of rotatable bonds is 6. The Bertz CT molecular complexity index is 613. The zero-order valence-electron chi connectivity index (χ0n) is 16.6. The van der Waals surface area contributed by atoms with Crippen LogP contribution in [0.3, 0.4) is 0 Å². The van der Waals surface area contributed by atoms with Gasteiger partial charge in [0.2, 0.25) is 0 Å². The van der Waals surface area contributed by atoms with Crippen molar-refractivity contribution in [3.8, 4) is 5.75 Å². The number of halogens is 1. The zero-order chi connectivity index (χ0) is 19.2. The van der Waals surface area contributed by atoms with Gasteiger partial charge in [-0.15, -0.1) is 0 Å². The van der Waals surface area contributed by atoms with Gasteiger partial charge in [0.1, 0.15) is 5.75 Å². The normalized spacial score (nSPS) is 18.5. The smallest absolute Gasteiger partial charge is 0.191 e. The lowest BCUT2D eigenvalue weighted by atomic mass is 9.73. The second kappa shape index (κ2) is 9.47. The van der Waals surface area contributed by atoms with E-state index < -0.39 is 0 Å². The van der Waals surface area contributed by atoms with E-state index in [4.69, 9.17) is 21.1 Å². The van der Waals surface area contributed by atoms with Gasteiger partial charge in [0.05, 0.1) is 7.11 Å². The maximum Gasteiger partial charge on any atom is 0.191 e. The van der Waals surface area contributed by atoms with E-state index in [1.807, 2.05) is 18.2 Å². The van der Waals surface area contributed by atoms with E-state index >= 15 is 0 Å². The Kier molecular flexibility index (Phi) is 7.59. The quantitative estimate of drug-likeness (QED) is 0.584. The van der Waals surface area contributed by atoms with Crippen LogP contribution in [-0.4, -0.2) is 45.9 Å². The van der Waals surface area contributed by atoms with E-state index in [0.717, 1.165) is 54.9 Å². The molecule has 5 nitrogen and oxygen atoms in total. The van der Waals surface area contributed by atoms with Gasteiger partial charge in [0.15, 0.2) is 5.96 Å². The van der Waals surface area contributed by atoms with Crippen molar-refractivity contribution in [3.05, 3.63) is 28.8 Å². The SMILES string of the molecule is CN=C(NCC1(c2cc(Cl)ccc2OC)CCOCC1)NC(C)C(C)C. The highest BCUT2D eigenvalue weighted by molar-refractivity contribution is 6.30. The minimum Gasteiger partial charge on any atom is -0.496 e. The molecule has 1 aliphatic rings. The maximum absolute atomic E-state index is 6.31. The van der Waals surface area contributed by atoms with Gasteiger partial charge in [0, 0.05) is 48.8 Å². The van der Waals surface area contributed by atoms with Crippen molar-refractivity contribution in [1.29, 1.82) is 0 Å². The second-order valence-electron chi connectivity index (χ2n) is 7.34. The Labute approximate surface area is 162 Å². The molecule has 1 aromatic carbocycles. The molecule has 0 spiro atoms. The highest BCUT2D eigenvalue weighted by Crippen LogP contribution is 2.40. The summed E-state index contributed by atoms with van der Waals surface area (Å²) in [4.78, 5) is 4.39. The molecule has 6 heteroatoms. The number of aliphatic imine (C=N–C) groups is 1. The van der Waals surface area contributed by atoms with Crippen molar-refractivity contribution < 1.29 is 9.47 Å². The summed E-state index contributed by atoms with van der Waals surface area (Å²) < 4.78 is 11.3. The summed E-state index contributed by atoms with van der Waals surface area (Å²) >= 11 is 6.31. The Balaban J connectivity index is 2.23. The number of hydrogen-bond acceptors (Lipinski definition) is 3. The summed E-state index contributed by atoms with van der Waals surface area (Å²) in [5.41, 5.74) is 1.03. The monoisotopic (exact) mass is 381 g/mol. The first-order chi connectivity index (χ1) is 12.4. The molecule has 1 heterocycles. The van der Waals surface area contributed by atoms with Gasteiger partial charge >= 0.3 is 0 Å². The summed E-state index contributed by atoms with van der Waals surface area (Å²) in [7, 11) is 3.51. The predicted molar refractivity (Wildman–Crippen MR) is 109 cm³/mol. The van der Waals surface area contributed by atoms with Crippen LogP contribution < -0.4 is 15.4 Å². The molecule has 1 unspecified atom stereocenters. The lowest BCUT2D eigenvalue weighted by Crippen LogP contribution is -2.50. The van der Waals surface area contributed by atoms with Crippen LogP contribution in [0.2, 0.25) is 5.02 Å². The molecule has 1 fully saturated rings. The largest absolute Gasteiger partial charge is 0.496 e. The van der Waals surface area contributed by atoms with Gasteiger partial charge in [-0.05, 0) is 43.9 Å². The molecule has 26 heavy (non-hydrogen) atoms. The lowest BCUT2D eigenvalue weighted by Gasteiger charge is -2.39. The summed E-state index contributed by atoms with van der Waals surface area (Å²) in [5, 5.41) is 7.71. The van der Waals surface area contributed by atoms with Gasteiger partial charge in [-0.1, -0.05) is 25.4 Å². The molecule has 2 rings (SSSR count). The van der Waals surface area contributed by atoms with Crippen molar-refractivity contribution >= 4 is 17.6 Å². The molecule has 0 amide bonds. The van der Waals surface area contributed by atoms with Crippen molar-refractivity contribution in [1.82, 2.24) is 10.6 Å². The van der Waals surface area contributed by atoms with Gasteiger partial charge in [-0.2, -0.15) is 0 Å². The van der Waals surface area contributed by atoms with E-state index in [2.05, 4.69) is 36.4 Å². The molecular formula is C20H32ClN3O2. The number of guanidine groups is 1. The van der Waals surface area contributed by atoms with E-state index in [0.29, 0.717) is 12.0 Å². The number of nitrogens with zero attached hydrogens (tertiary/aromatic N) is 1. The Morgan fingerprint density at radius 2 is 2.00 bits per heavy atom. The van der Waals surface area contributed by atoms with Crippen molar-refractivity contribution in [2.45, 2.75) is 45.1 Å². The number of benzene rings is 1. The summed E-state index contributed by atoms with van der Waals surface area (Å²) in [6.07, 6.45) is 1.82. The first kappa shape index (κ1) is 20.8. The molecule has 0 aromatic heterocycles. The molecule has 0 saturated carbocycles. The van der Waals surface area contributed by atoms with Crippen LogP contribution in [0.5, 0.6) is 5.75 Å². The molecule has 1 atom stereocenters. The third kappa shape index (κ3) is 5.04. The van der Waals surface area contributed by atoms with Crippen molar-refractivity contribution in [2.75, 3.05) is 33.9 Å². The molecule has 0 bridgehead atoms. The Morgan fingerprint density at radius 1 is 1.31 bits per heavy atom. The molecule has 2 N–H and O–H groups in total. The fraction of sp³-hybridized carbons (Fsp3) is 0.650. The van der Waals surface area contributed by atoms with Crippen LogP contribution >= 0.6 is 11.6 Å². The van der Waals surface area contributed by atoms with E-state index in [1.54, 1.807) is 14.2 Å². The molecule has 1 saturated heterocycles. The number of ether oxygens (including phenoxy) is 2. The lowest BCUT2D eigenvalue weighted by molar-refractivity contribution is 0.0505. The average molecular weight is 382 g/mol. The van der Waals surface area contributed by atoms with Crippen LogP contribution in [0.25, 0.3) is 0 Å². The minimum atomic E-state index is -0.104. The Hall–Kier alpha value is -1.46. The first-order valence-electron chi connectivity index (χ1n) is 9.31. The highest BCUT2D eigenvalue weighted by Gasteiger charge is 2.37. The van der Waals surface area contributed by atoms with E-state index in [-0.39, 0.29) is 5.41 Å². The summed E-state index contributed by atoms with van der Waals surface area (Å²) in [6.45, 7) is 8.76. The van der Waals surface area contributed by atoms with Crippen LogP contribution in [0.15, 0.2) is 23.2 Å². The van der Waals surface area contributed by atoms with Gasteiger partial charge in [0.25, 0.3) is 0 Å². The molecule has 146 valence electrons.